The van der Waals surface area contributed by atoms with Gasteiger partial charge in [0.2, 0.25) is 11.8 Å². The lowest BCUT2D eigenvalue weighted by Crippen LogP contribution is -2.19. The predicted molar refractivity (Wildman–Crippen MR) is 130 cm³/mol. The van der Waals surface area contributed by atoms with Gasteiger partial charge >= 0.3 is 0 Å². The maximum absolute atomic E-state index is 13.1. The Morgan fingerprint density at radius 3 is 2.13 bits per heavy atom. The van der Waals surface area contributed by atoms with Crippen molar-refractivity contribution in [2.24, 2.45) is 0 Å². The van der Waals surface area contributed by atoms with E-state index in [4.69, 9.17) is 11.6 Å². The number of halogens is 1. The molecule has 0 spiro atoms. The molecule has 3 rings (SSSR count). The number of carbonyl (C=O) groups excluding carboxylic acids is 2. The van der Waals surface area contributed by atoms with Gasteiger partial charge in [-0.1, -0.05) is 55.3 Å². The number of benzene rings is 3. The first-order chi connectivity index (χ1) is 15.0. The molecular weight excluding hydrogens is 428 g/mol. The second-order valence-electron chi connectivity index (χ2n) is 7.08. The van der Waals surface area contributed by atoms with Gasteiger partial charge < -0.3 is 10.6 Å². The van der Waals surface area contributed by atoms with Crippen molar-refractivity contribution >= 4 is 46.6 Å². The van der Waals surface area contributed by atoms with Crippen molar-refractivity contribution in [2.75, 3.05) is 10.6 Å². The topological polar surface area (TPSA) is 58.2 Å². The minimum Gasteiger partial charge on any atom is -0.326 e. The zero-order chi connectivity index (χ0) is 22.1. The second kappa shape index (κ2) is 11.6. The predicted octanol–water partition coefficient (Wildman–Crippen LogP) is 6.94. The summed E-state index contributed by atoms with van der Waals surface area (Å²) in [6, 6.07) is 24.3. The van der Waals surface area contributed by atoms with E-state index in [9.17, 15) is 9.59 Å². The Kier molecular flexibility index (Phi) is 8.56. The number of nitrogens with one attached hydrogen (secondary N) is 2. The molecule has 0 aliphatic carbocycles. The molecule has 6 heteroatoms. The van der Waals surface area contributed by atoms with E-state index >= 15 is 0 Å². The van der Waals surface area contributed by atoms with Gasteiger partial charge in [0.1, 0.15) is 5.25 Å². The van der Waals surface area contributed by atoms with Crippen LogP contribution in [0.15, 0.2) is 83.8 Å². The molecule has 0 saturated heterocycles. The van der Waals surface area contributed by atoms with E-state index in [1.54, 1.807) is 24.3 Å². The van der Waals surface area contributed by atoms with Crippen molar-refractivity contribution in [1.82, 2.24) is 0 Å². The summed E-state index contributed by atoms with van der Waals surface area (Å²) in [4.78, 5) is 26.0. The molecule has 0 saturated carbocycles. The smallest absolute Gasteiger partial charge is 0.242 e. The average molecular weight is 453 g/mol. The highest BCUT2D eigenvalue weighted by molar-refractivity contribution is 8.00. The molecule has 0 aliphatic heterocycles. The van der Waals surface area contributed by atoms with Crippen LogP contribution in [0.2, 0.25) is 5.02 Å². The normalized spacial score (nSPS) is 11.5. The molecule has 31 heavy (non-hydrogen) atoms. The van der Waals surface area contributed by atoms with Crippen LogP contribution in [0.1, 0.15) is 37.0 Å². The Balaban J connectivity index is 1.72. The minimum atomic E-state index is -0.429. The number of rotatable bonds is 9. The van der Waals surface area contributed by atoms with Crippen LogP contribution >= 0.6 is 23.4 Å². The number of anilines is 2. The quantitative estimate of drug-likeness (QED) is 0.345. The lowest BCUT2D eigenvalue weighted by molar-refractivity contribution is -0.116. The zero-order valence-corrected chi connectivity index (χ0v) is 18.9. The van der Waals surface area contributed by atoms with Crippen molar-refractivity contribution in [2.45, 2.75) is 36.3 Å². The van der Waals surface area contributed by atoms with Gasteiger partial charge in [0.05, 0.1) is 0 Å². The van der Waals surface area contributed by atoms with Crippen LogP contribution in [-0.2, 0) is 9.59 Å². The maximum atomic E-state index is 13.1. The van der Waals surface area contributed by atoms with E-state index < -0.39 is 5.25 Å². The number of amides is 2. The van der Waals surface area contributed by atoms with Gasteiger partial charge in [-0.05, 0) is 60.5 Å². The largest absolute Gasteiger partial charge is 0.326 e. The lowest BCUT2D eigenvalue weighted by atomic mass is 10.1. The molecule has 0 bridgehead atoms. The third kappa shape index (κ3) is 7.16. The zero-order valence-electron chi connectivity index (χ0n) is 17.3. The number of hydrogen-bond donors (Lipinski definition) is 2. The van der Waals surface area contributed by atoms with Gasteiger partial charge in [0, 0.05) is 27.7 Å². The number of carbonyl (C=O) groups is 2. The van der Waals surface area contributed by atoms with Crippen LogP contribution < -0.4 is 10.6 Å². The maximum Gasteiger partial charge on any atom is 0.242 e. The van der Waals surface area contributed by atoms with Gasteiger partial charge in [-0.3, -0.25) is 9.59 Å². The van der Waals surface area contributed by atoms with Gasteiger partial charge in [0.15, 0.2) is 0 Å². The summed E-state index contributed by atoms with van der Waals surface area (Å²) in [5.41, 5.74) is 2.37. The van der Waals surface area contributed by atoms with Crippen molar-refractivity contribution in [3.8, 4) is 0 Å². The van der Waals surface area contributed by atoms with Crippen LogP contribution in [0, 0.1) is 0 Å². The molecule has 1 atom stereocenters. The Morgan fingerprint density at radius 1 is 0.871 bits per heavy atom. The molecule has 2 amide bonds. The number of unbranched alkanes of at least 4 members (excludes halogenated alkanes) is 1. The number of thioether (sulfide) groups is 1. The third-order valence-electron chi connectivity index (χ3n) is 4.60. The molecular formula is C25H25ClN2O2S. The summed E-state index contributed by atoms with van der Waals surface area (Å²) >= 11 is 7.40. The molecule has 1 unspecified atom stereocenters. The summed E-state index contributed by atoms with van der Waals surface area (Å²) in [5.74, 6) is -0.0952. The van der Waals surface area contributed by atoms with E-state index in [0.717, 1.165) is 29.0 Å². The monoisotopic (exact) mass is 452 g/mol. The fourth-order valence-electron chi connectivity index (χ4n) is 2.96. The van der Waals surface area contributed by atoms with E-state index in [0.29, 0.717) is 17.1 Å². The van der Waals surface area contributed by atoms with Gasteiger partial charge in [-0.15, -0.1) is 11.8 Å². The van der Waals surface area contributed by atoms with Crippen LogP contribution in [-0.4, -0.2) is 11.8 Å². The standard InChI is InChI=1S/C25H25ClN2O2S/c1-2-3-9-23(29)27-20-14-16-22(17-15-20)31-24(18-7-5-4-6-8-18)25(30)28-21-12-10-19(26)11-13-21/h4-8,10-17,24H,2-3,9H2,1H3,(H,27,29)(H,28,30). The average Bonchev–Trinajstić information content (AvgIpc) is 2.79. The molecule has 0 radical (unpaired) electrons. The van der Waals surface area contributed by atoms with Gasteiger partial charge in [0.25, 0.3) is 0 Å². The summed E-state index contributed by atoms with van der Waals surface area (Å²) < 4.78 is 0. The minimum absolute atomic E-state index is 0.0201. The van der Waals surface area contributed by atoms with Crippen LogP contribution in [0.5, 0.6) is 0 Å². The molecule has 3 aromatic carbocycles. The highest BCUT2D eigenvalue weighted by atomic mass is 35.5. The first-order valence-electron chi connectivity index (χ1n) is 10.2. The molecule has 0 aliphatic rings. The first kappa shape index (κ1) is 22.9. The van der Waals surface area contributed by atoms with Crippen LogP contribution in [0.25, 0.3) is 0 Å². The molecule has 3 aromatic rings. The summed E-state index contributed by atoms with van der Waals surface area (Å²) in [5, 5.41) is 6.07. The van der Waals surface area contributed by atoms with Crippen LogP contribution in [0.3, 0.4) is 0 Å². The van der Waals surface area contributed by atoms with E-state index in [1.165, 1.54) is 11.8 Å². The number of hydrogen-bond acceptors (Lipinski definition) is 3. The van der Waals surface area contributed by atoms with Crippen LogP contribution in [0.4, 0.5) is 11.4 Å². The third-order valence-corrected chi connectivity index (χ3v) is 6.12. The lowest BCUT2D eigenvalue weighted by Gasteiger charge is -2.17. The van der Waals surface area contributed by atoms with Crippen molar-refractivity contribution in [3.05, 3.63) is 89.4 Å². The fourth-order valence-corrected chi connectivity index (χ4v) is 4.11. The Hall–Kier alpha value is -2.76. The van der Waals surface area contributed by atoms with Crippen molar-refractivity contribution < 1.29 is 9.59 Å². The summed E-state index contributed by atoms with van der Waals surface area (Å²) in [7, 11) is 0. The van der Waals surface area contributed by atoms with Gasteiger partial charge in [-0.2, -0.15) is 0 Å². The Bertz CT molecular complexity index is 992. The van der Waals surface area contributed by atoms with Crippen molar-refractivity contribution in [3.63, 3.8) is 0 Å². The highest BCUT2D eigenvalue weighted by Gasteiger charge is 2.22. The Morgan fingerprint density at radius 2 is 1.48 bits per heavy atom. The van der Waals surface area contributed by atoms with E-state index in [1.807, 2.05) is 54.6 Å². The molecule has 2 N–H and O–H groups in total. The molecule has 0 fully saturated rings. The van der Waals surface area contributed by atoms with Gasteiger partial charge in [-0.25, -0.2) is 0 Å². The SMILES string of the molecule is CCCCC(=O)Nc1ccc(SC(C(=O)Nc2ccc(Cl)cc2)c2ccccc2)cc1. The fraction of sp³-hybridized carbons (Fsp3) is 0.200. The summed E-state index contributed by atoms with van der Waals surface area (Å²) in [6.07, 6.45) is 2.39. The Labute approximate surface area is 192 Å². The molecule has 0 aromatic heterocycles. The van der Waals surface area contributed by atoms with E-state index in [-0.39, 0.29) is 11.8 Å². The summed E-state index contributed by atoms with van der Waals surface area (Å²) in [6.45, 7) is 2.06. The van der Waals surface area contributed by atoms with Crippen molar-refractivity contribution in [1.29, 1.82) is 0 Å². The molecule has 160 valence electrons. The first-order valence-corrected chi connectivity index (χ1v) is 11.5. The second-order valence-corrected chi connectivity index (χ2v) is 8.70. The van der Waals surface area contributed by atoms with E-state index in [2.05, 4.69) is 17.6 Å². The molecule has 4 nitrogen and oxygen atoms in total. The highest BCUT2D eigenvalue weighted by Crippen LogP contribution is 2.36. The molecule has 0 heterocycles.